The number of aliphatic hydroxyl groups excluding tert-OH is 1. The first-order valence-corrected chi connectivity index (χ1v) is 17.9. The van der Waals surface area contributed by atoms with Crippen molar-refractivity contribution in [3.8, 4) is 22.8 Å². The number of aromatic nitrogens is 5. The molecule has 0 saturated carbocycles. The van der Waals surface area contributed by atoms with E-state index in [1.807, 2.05) is 92.0 Å². The van der Waals surface area contributed by atoms with E-state index in [9.17, 15) is 19.2 Å². The standard InChI is InChI=1S/C35H34ClN7O4S2/c1-35(2,3)30-19-32(43(41-30)23-12-14-27(45)26(36)18-23)38-34(46)37-20-22-8-4-6-10-28(22)48-24-13-15-31-39-40-33(42(31)21-24)25-9-5-7-11-29(25)49(47)17-16-44/h4-15,18-19,21,44-45H,16-17,20H2,1-3H3,(H2,37,38,46). The number of halogens is 1. The van der Waals surface area contributed by atoms with Crippen LogP contribution in [0.15, 0.2) is 106 Å². The highest BCUT2D eigenvalue weighted by molar-refractivity contribution is 7.99. The predicted molar refractivity (Wildman–Crippen MR) is 192 cm³/mol. The maximum Gasteiger partial charge on any atom is 0.320 e. The minimum absolute atomic E-state index is 0.0447. The van der Waals surface area contributed by atoms with Gasteiger partial charge in [0.05, 0.1) is 39.6 Å². The molecule has 0 bridgehead atoms. The number of pyridine rings is 1. The number of amides is 2. The maximum atomic E-state index is 13.2. The topological polar surface area (TPSA) is 147 Å². The van der Waals surface area contributed by atoms with Crippen LogP contribution in [0.2, 0.25) is 5.02 Å². The highest BCUT2D eigenvalue weighted by Crippen LogP contribution is 2.33. The number of phenols is 1. The lowest BCUT2D eigenvalue weighted by atomic mass is 9.92. The zero-order valence-corrected chi connectivity index (χ0v) is 29.3. The number of phenolic OH excluding ortho intramolecular Hbond substituents is 1. The highest BCUT2D eigenvalue weighted by Gasteiger charge is 2.22. The van der Waals surface area contributed by atoms with E-state index in [2.05, 4.69) is 20.8 Å². The summed E-state index contributed by atoms with van der Waals surface area (Å²) in [5.41, 5.74) is 3.30. The molecule has 0 saturated heterocycles. The highest BCUT2D eigenvalue weighted by atomic mass is 35.5. The van der Waals surface area contributed by atoms with Crippen molar-refractivity contribution in [2.45, 2.75) is 47.4 Å². The SMILES string of the molecule is CC(C)(C)c1cc(NC(=O)NCc2ccccc2Sc2ccc3nnc(-c4ccccc4S(=O)CCO)n3c2)n(-c2ccc(O)c(Cl)c2)n1. The zero-order chi connectivity index (χ0) is 34.7. The van der Waals surface area contributed by atoms with Crippen molar-refractivity contribution < 1.29 is 19.2 Å². The number of nitrogens with one attached hydrogen (secondary N) is 2. The molecule has 4 N–H and O–H groups in total. The minimum atomic E-state index is -1.39. The molecule has 1 unspecified atom stereocenters. The predicted octanol–water partition coefficient (Wildman–Crippen LogP) is 6.81. The normalized spacial score (nSPS) is 12.3. The van der Waals surface area contributed by atoms with E-state index in [0.29, 0.717) is 33.4 Å². The number of nitrogens with zero attached hydrogens (tertiary/aromatic N) is 5. The summed E-state index contributed by atoms with van der Waals surface area (Å²) in [6, 6.07) is 25.1. The second kappa shape index (κ2) is 14.4. The number of aliphatic hydroxyl groups is 1. The Kier molecular flexibility index (Phi) is 10.1. The van der Waals surface area contributed by atoms with Gasteiger partial charge in [0.25, 0.3) is 0 Å². The number of fused-ring (bicyclic) bond motifs is 1. The van der Waals surface area contributed by atoms with Gasteiger partial charge in [-0.05, 0) is 54.1 Å². The van der Waals surface area contributed by atoms with Crippen LogP contribution in [-0.2, 0) is 22.8 Å². The molecule has 252 valence electrons. The third-order valence-electron chi connectivity index (χ3n) is 7.56. The van der Waals surface area contributed by atoms with E-state index in [4.69, 9.17) is 16.7 Å². The molecule has 2 amide bonds. The third kappa shape index (κ3) is 7.65. The number of carbonyl (C=O) groups excluding carboxylic acids is 1. The Morgan fingerprint density at radius 1 is 1.00 bits per heavy atom. The summed E-state index contributed by atoms with van der Waals surface area (Å²) < 4.78 is 16.3. The first kappa shape index (κ1) is 34.2. The number of hydrogen-bond donors (Lipinski definition) is 4. The summed E-state index contributed by atoms with van der Waals surface area (Å²) in [4.78, 5) is 15.7. The average Bonchev–Trinajstić information content (AvgIpc) is 3.70. The van der Waals surface area contributed by atoms with Gasteiger partial charge in [-0.15, -0.1) is 10.2 Å². The van der Waals surface area contributed by atoms with Gasteiger partial charge in [-0.25, -0.2) is 9.48 Å². The molecule has 11 nitrogen and oxygen atoms in total. The van der Waals surface area contributed by atoms with E-state index >= 15 is 0 Å². The Bertz CT molecular complexity index is 2180. The maximum absolute atomic E-state index is 13.2. The molecule has 49 heavy (non-hydrogen) atoms. The first-order valence-electron chi connectivity index (χ1n) is 15.4. The summed E-state index contributed by atoms with van der Waals surface area (Å²) >= 11 is 7.71. The molecule has 0 radical (unpaired) electrons. The van der Waals surface area contributed by atoms with Crippen LogP contribution < -0.4 is 10.6 Å². The molecule has 0 spiro atoms. The van der Waals surface area contributed by atoms with Crippen molar-refractivity contribution in [1.29, 1.82) is 0 Å². The second-order valence-electron chi connectivity index (χ2n) is 12.1. The molecular formula is C35H34ClN7O4S2. The Morgan fingerprint density at radius 2 is 1.78 bits per heavy atom. The van der Waals surface area contributed by atoms with Crippen LogP contribution in [-0.4, -0.2) is 57.2 Å². The zero-order valence-electron chi connectivity index (χ0n) is 26.9. The van der Waals surface area contributed by atoms with Crippen LogP contribution in [0.5, 0.6) is 5.75 Å². The fourth-order valence-electron chi connectivity index (χ4n) is 5.03. The summed E-state index contributed by atoms with van der Waals surface area (Å²) in [5.74, 6) is 1.09. The van der Waals surface area contributed by atoms with E-state index in [1.54, 1.807) is 22.9 Å². The van der Waals surface area contributed by atoms with Crippen LogP contribution in [0.4, 0.5) is 10.6 Å². The summed E-state index contributed by atoms with van der Waals surface area (Å²) in [7, 11) is -1.39. The van der Waals surface area contributed by atoms with E-state index < -0.39 is 16.8 Å². The van der Waals surface area contributed by atoms with Gasteiger partial charge in [-0.2, -0.15) is 5.10 Å². The number of anilines is 1. The van der Waals surface area contributed by atoms with Crippen LogP contribution in [0.1, 0.15) is 32.0 Å². The van der Waals surface area contributed by atoms with Crippen molar-refractivity contribution in [2.75, 3.05) is 17.7 Å². The molecule has 3 heterocycles. The van der Waals surface area contributed by atoms with Gasteiger partial charge in [-0.3, -0.25) is 13.9 Å². The fourth-order valence-corrected chi connectivity index (χ4v) is 7.19. The lowest BCUT2D eigenvalue weighted by molar-refractivity contribution is 0.251. The summed E-state index contributed by atoms with van der Waals surface area (Å²) in [5, 5.41) is 38.7. The number of hydrogen-bond acceptors (Lipinski definition) is 8. The molecule has 14 heteroatoms. The van der Waals surface area contributed by atoms with Gasteiger partial charge < -0.3 is 15.5 Å². The molecule has 3 aromatic carbocycles. The van der Waals surface area contributed by atoms with Crippen molar-refractivity contribution in [3.05, 3.63) is 107 Å². The molecule has 0 aliphatic heterocycles. The van der Waals surface area contributed by atoms with E-state index in [1.165, 1.54) is 17.8 Å². The van der Waals surface area contributed by atoms with Gasteiger partial charge in [0.15, 0.2) is 11.5 Å². The average molecular weight is 716 g/mol. The molecular weight excluding hydrogens is 682 g/mol. The van der Waals surface area contributed by atoms with Crippen LogP contribution >= 0.6 is 23.4 Å². The van der Waals surface area contributed by atoms with Gasteiger partial charge in [0.1, 0.15) is 11.6 Å². The first-order chi connectivity index (χ1) is 23.5. The van der Waals surface area contributed by atoms with Crippen LogP contribution in [0, 0.1) is 0 Å². The van der Waals surface area contributed by atoms with Crippen LogP contribution in [0.3, 0.4) is 0 Å². The quantitative estimate of drug-likeness (QED) is 0.121. The van der Waals surface area contributed by atoms with Gasteiger partial charge in [0.2, 0.25) is 0 Å². The van der Waals surface area contributed by atoms with Crippen molar-refractivity contribution >= 4 is 51.7 Å². The second-order valence-corrected chi connectivity index (χ2v) is 15.2. The fraction of sp³-hybridized carbons (Fsp3) is 0.200. The Labute approximate surface area is 294 Å². The Balaban J connectivity index is 1.21. The Hall–Kier alpha value is -4.69. The van der Waals surface area contributed by atoms with Crippen molar-refractivity contribution in [3.63, 3.8) is 0 Å². The number of benzene rings is 3. The van der Waals surface area contributed by atoms with Gasteiger partial charge in [0, 0.05) is 44.5 Å². The smallest absolute Gasteiger partial charge is 0.320 e. The summed E-state index contributed by atoms with van der Waals surface area (Å²) in [6.07, 6.45) is 1.93. The lowest BCUT2D eigenvalue weighted by Crippen LogP contribution is -2.29. The van der Waals surface area contributed by atoms with Crippen molar-refractivity contribution in [1.82, 2.24) is 29.7 Å². The monoisotopic (exact) mass is 715 g/mol. The molecule has 1 atom stereocenters. The molecule has 0 aliphatic carbocycles. The lowest BCUT2D eigenvalue weighted by Gasteiger charge is -2.14. The largest absolute Gasteiger partial charge is 0.506 e. The van der Waals surface area contributed by atoms with Gasteiger partial charge >= 0.3 is 6.03 Å². The summed E-state index contributed by atoms with van der Waals surface area (Å²) in [6.45, 7) is 6.17. The molecule has 6 rings (SSSR count). The number of carbonyl (C=O) groups is 1. The minimum Gasteiger partial charge on any atom is -0.506 e. The van der Waals surface area contributed by atoms with Crippen LogP contribution in [0.25, 0.3) is 22.7 Å². The molecule has 0 aliphatic rings. The number of rotatable bonds is 10. The van der Waals surface area contributed by atoms with E-state index in [0.717, 1.165) is 21.0 Å². The van der Waals surface area contributed by atoms with Gasteiger partial charge in [-0.1, -0.05) is 74.5 Å². The Morgan fingerprint density at radius 3 is 2.55 bits per heavy atom. The number of urea groups is 1. The molecule has 0 fully saturated rings. The third-order valence-corrected chi connectivity index (χ3v) is 10.4. The van der Waals surface area contributed by atoms with E-state index in [-0.39, 0.29) is 35.1 Å². The molecule has 6 aromatic rings. The molecule has 3 aromatic heterocycles. The van der Waals surface area contributed by atoms with Crippen molar-refractivity contribution in [2.24, 2.45) is 0 Å². The number of aromatic hydroxyl groups is 1.